The minimum absolute atomic E-state index is 0.383. The molecule has 0 bridgehead atoms. The van der Waals surface area contributed by atoms with Gasteiger partial charge in [0.2, 0.25) is 5.13 Å². The standard InChI is InChI=1S/C8H7N5O2S/c9-7(14)15-6-3-1-5(2-4-6)10-8-11-12-13-16-8/h1-4H,(H2,9,14)(H,10,11,13). The molecule has 0 spiro atoms. The van der Waals surface area contributed by atoms with Crippen LogP contribution in [0.4, 0.5) is 15.6 Å². The van der Waals surface area contributed by atoms with Crippen LogP contribution in [0.15, 0.2) is 24.3 Å². The SMILES string of the molecule is NC(=O)Oc1ccc(Nc2nnns2)cc1. The molecule has 0 aliphatic heterocycles. The van der Waals surface area contributed by atoms with Crippen molar-refractivity contribution < 1.29 is 9.53 Å². The predicted octanol–water partition coefficient (Wildman–Crippen LogP) is 1.13. The Kier molecular flexibility index (Phi) is 2.92. The first-order chi connectivity index (χ1) is 7.74. The summed E-state index contributed by atoms with van der Waals surface area (Å²) < 4.78 is 8.29. The fourth-order valence-corrected chi connectivity index (χ4v) is 1.41. The summed E-state index contributed by atoms with van der Waals surface area (Å²) in [6.45, 7) is 0. The minimum Gasteiger partial charge on any atom is -0.411 e. The number of hydrogen-bond donors (Lipinski definition) is 2. The van der Waals surface area contributed by atoms with Crippen molar-refractivity contribution in [3.05, 3.63) is 24.3 Å². The number of carbonyl (C=O) groups excluding carboxylic acids is 1. The van der Waals surface area contributed by atoms with Crippen molar-refractivity contribution in [2.24, 2.45) is 5.73 Å². The van der Waals surface area contributed by atoms with Gasteiger partial charge in [0.25, 0.3) is 0 Å². The van der Waals surface area contributed by atoms with Gasteiger partial charge >= 0.3 is 6.09 Å². The molecular weight excluding hydrogens is 230 g/mol. The number of aromatic nitrogens is 3. The molecule has 16 heavy (non-hydrogen) atoms. The van der Waals surface area contributed by atoms with Gasteiger partial charge in [-0.2, -0.15) is 0 Å². The van der Waals surface area contributed by atoms with E-state index in [0.717, 1.165) is 17.2 Å². The van der Waals surface area contributed by atoms with E-state index in [9.17, 15) is 4.79 Å². The maximum Gasteiger partial charge on any atom is 0.409 e. The van der Waals surface area contributed by atoms with E-state index in [2.05, 4.69) is 24.9 Å². The van der Waals surface area contributed by atoms with Gasteiger partial charge in [-0.25, -0.2) is 4.79 Å². The molecular formula is C8H7N5O2S. The molecule has 0 saturated carbocycles. The molecule has 1 amide bonds. The number of anilines is 2. The summed E-state index contributed by atoms with van der Waals surface area (Å²) in [4.78, 5) is 10.5. The van der Waals surface area contributed by atoms with Crippen LogP contribution in [0.3, 0.4) is 0 Å². The molecule has 1 heterocycles. The number of ether oxygens (including phenoxy) is 1. The maximum atomic E-state index is 10.5. The molecule has 8 heteroatoms. The van der Waals surface area contributed by atoms with Gasteiger partial charge in [-0.15, -0.1) is 0 Å². The summed E-state index contributed by atoms with van der Waals surface area (Å²) in [6.07, 6.45) is -0.839. The van der Waals surface area contributed by atoms with Gasteiger partial charge in [-0.3, -0.25) is 0 Å². The van der Waals surface area contributed by atoms with Crippen LogP contribution < -0.4 is 15.8 Å². The average Bonchev–Trinajstić information content (AvgIpc) is 2.73. The van der Waals surface area contributed by atoms with Gasteiger partial charge < -0.3 is 15.8 Å². The molecule has 0 unspecified atom stereocenters. The van der Waals surface area contributed by atoms with Crippen molar-refractivity contribution in [1.82, 2.24) is 14.8 Å². The Bertz CT molecular complexity index is 470. The van der Waals surface area contributed by atoms with E-state index in [1.807, 2.05) is 0 Å². The van der Waals surface area contributed by atoms with Crippen LogP contribution in [0.1, 0.15) is 0 Å². The summed E-state index contributed by atoms with van der Waals surface area (Å²) in [5, 5.41) is 10.7. The number of nitrogens with one attached hydrogen (secondary N) is 1. The van der Waals surface area contributed by atoms with Crippen molar-refractivity contribution in [1.29, 1.82) is 0 Å². The molecule has 1 aromatic heterocycles. The summed E-state index contributed by atoms with van der Waals surface area (Å²) in [7, 11) is 0. The van der Waals surface area contributed by atoms with Crippen LogP contribution in [-0.2, 0) is 0 Å². The second-order valence-electron chi connectivity index (χ2n) is 2.74. The molecule has 7 nitrogen and oxygen atoms in total. The van der Waals surface area contributed by atoms with E-state index in [1.54, 1.807) is 24.3 Å². The van der Waals surface area contributed by atoms with E-state index >= 15 is 0 Å². The van der Waals surface area contributed by atoms with Gasteiger partial charge in [0, 0.05) is 17.2 Å². The Balaban J connectivity index is 2.05. The first-order valence-corrected chi connectivity index (χ1v) is 5.01. The second-order valence-corrected chi connectivity index (χ2v) is 3.47. The first kappa shape index (κ1) is 10.3. The van der Waals surface area contributed by atoms with Crippen LogP contribution in [0.25, 0.3) is 0 Å². The summed E-state index contributed by atoms with van der Waals surface area (Å²) >= 11 is 1.14. The highest BCUT2D eigenvalue weighted by Gasteiger charge is 2.01. The van der Waals surface area contributed by atoms with Crippen LogP contribution >= 0.6 is 11.5 Å². The Morgan fingerprint density at radius 2 is 2.12 bits per heavy atom. The third kappa shape index (κ3) is 2.64. The Hall–Kier alpha value is -2.22. The van der Waals surface area contributed by atoms with Crippen molar-refractivity contribution >= 4 is 28.4 Å². The van der Waals surface area contributed by atoms with Crippen molar-refractivity contribution in [3.63, 3.8) is 0 Å². The maximum absolute atomic E-state index is 10.5. The van der Waals surface area contributed by atoms with Crippen molar-refractivity contribution in [2.75, 3.05) is 5.32 Å². The number of nitrogens with zero attached hydrogens (tertiary/aromatic N) is 3. The van der Waals surface area contributed by atoms with Gasteiger partial charge in [0.05, 0.1) is 0 Å². The summed E-state index contributed by atoms with van der Waals surface area (Å²) in [6, 6.07) is 6.67. The lowest BCUT2D eigenvalue weighted by atomic mass is 10.3. The lowest BCUT2D eigenvalue weighted by Gasteiger charge is -2.03. The smallest absolute Gasteiger partial charge is 0.409 e. The number of nitrogens with two attached hydrogens (primary N) is 1. The Morgan fingerprint density at radius 1 is 1.38 bits per heavy atom. The van der Waals surface area contributed by atoms with Crippen LogP contribution in [-0.4, -0.2) is 20.9 Å². The van der Waals surface area contributed by atoms with Crippen LogP contribution in [0.5, 0.6) is 5.75 Å². The molecule has 0 atom stereocenters. The fourth-order valence-electron chi connectivity index (χ4n) is 1.03. The molecule has 0 saturated heterocycles. The quantitative estimate of drug-likeness (QED) is 0.829. The highest BCUT2D eigenvalue weighted by molar-refractivity contribution is 7.09. The van der Waals surface area contributed by atoms with E-state index in [4.69, 9.17) is 5.73 Å². The normalized spacial score (nSPS) is 9.75. The van der Waals surface area contributed by atoms with E-state index < -0.39 is 6.09 Å². The Morgan fingerprint density at radius 3 is 2.69 bits per heavy atom. The molecule has 0 fully saturated rings. The molecule has 82 valence electrons. The lowest BCUT2D eigenvalue weighted by molar-refractivity contribution is 0.211. The summed E-state index contributed by atoms with van der Waals surface area (Å²) in [5.41, 5.74) is 5.66. The van der Waals surface area contributed by atoms with E-state index in [1.165, 1.54) is 0 Å². The number of rotatable bonds is 3. The molecule has 1 aromatic carbocycles. The molecule has 0 aliphatic carbocycles. The Labute approximate surface area is 94.4 Å². The third-order valence-corrected chi connectivity index (χ3v) is 2.13. The van der Waals surface area contributed by atoms with Gasteiger partial charge in [0.1, 0.15) is 5.75 Å². The number of carbonyl (C=O) groups is 1. The summed E-state index contributed by atoms with van der Waals surface area (Å²) in [5.74, 6) is 0.383. The van der Waals surface area contributed by atoms with Crippen LogP contribution in [0, 0.1) is 0 Å². The largest absolute Gasteiger partial charge is 0.411 e. The fraction of sp³-hybridized carbons (Fsp3) is 0. The van der Waals surface area contributed by atoms with Gasteiger partial charge in [-0.1, -0.05) is 9.59 Å². The first-order valence-electron chi connectivity index (χ1n) is 4.23. The highest BCUT2D eigenvalue weighted by Crippen LogP contribution is 2.19. The molecule has 0 aliphatic rings. The van der Waals surface area contributed by atoms with Crippen molar-refractivity contribution in [2.45, 2.75) is 0 Å². The minimum atomic E-state index is -0.839. The van der Waals surface area contributed by atoms with Gasteiger partial charge in [-0.05, 0) is 29.5 Å². The zero-order valence-corrected chi connectivity index (χ0v) is 8.77. The average molecular weight is 237 g/mol. The number of benzene rings is 1. The highest BCUT2D eigenvalue weighted by atomic mass is 32.1. The number of hydrogen-bond acceptors (Lipinski definition) is 7. The zero-order chi connectivity index (χ0) is 11.4. The zero-order valence-electron chi connectivity index (χ0n) is 7.95. The van der Waals surface area contributed by atoms with Crippen LogP contribution in [0.2, 0.25) is 0 Å². The molecule has 2 aromatic rings. The van der Waals surface area contributed by atoms with E-state index in [-0.39, 0.29) is 0 Å². The van der Waals surface area contributed by atoms with Gasteiger partial charge in [0.15, 0.2) is 0 Å². The predicted molar refractivity (Wildman–Crippen MR) is 57.6 cm³/mol. The topological polar surface area (TPSA) is 103 Å². The lowest BCUT2D eigenvalue weighted by Crippen LogP contribution is -2.16. The molecule has 0 radical (unpaired) electrons. The monoisotopic (exact) mass is 237 g/mol. The molecule has 2 rings (SSSR count). The number of amides is 1. The second kappa shape index (κ2) is 4.53. The number of primary amides is 1. The van der Waals surface area contributed by atoms with Crippen molar-refractivity contribution in [3.8, 4) is 5.75 Å². The molecule has 3 N–H and O–H groups in total. The third-order valence-electron chi connectivity index (χ3n) is 1.62. The van der Waals surface area contributed by atoms with E-state index in [0.29, 0.717) is 10.9 Å².